The Hall–Kier alpha value is -2.72. The van der Waals surface area contributed by atoms with Gasteiger partial charge in [-0.25, -0.2) is 0 Å². The molecule has 0 saturated heterocycles. The molecule has 1 unspecified atom stereocenters. The number of carbonyl (C=O) groups is 1. The number of benzene rings is 1. The van der Waals surface area contributed by atoms with Crippen molar-refractivity contribution in [2.24, 2.45) is 0 Å². The fourth-order valence-corrected chi connectivity index (χ4v) is 3.20. The van der Waals surface area contributed by atoms with E-state index in [1.807, 2.05) is 17.5 Å². The maximum absolute atomic E-state index is 13.0. The molecule has 2 atom stereocenters. The van der Waals surface area contributed by atoms with Gasteiger partial charge in [0.05, 0.1) is 23.2 Å². The fourth-order valence-electron chi connectivity index (χ4n) is 2.56. The number of thiophene rings is 1. The summed E-state index contributed by atoms with van der Waals surface area (Å²) >= 11 is 1.47. The third kappa shape index (κ3) is 4.57. The first kappa shape index (κ1) is 20.0. The number of nitrogens with zero attached hydrogens (tertiary/aromatic N) is 2. The van der Waals surface area contributed by atoms with Crippen molar-refractivity contribution in [3.63, 3.8) is 0 Å². The standard InChI is InChI=1S/C18H17F3N4O2S/c1-11(16-23-24-17(27-16)14-8-5-9-28-14)25(2)10-15(26)22-13-7-4-3-6-12(13)18(19,20)21/h3-9,11H,10H2,1-2H3,(H,22,26)/p+1/t11-/m0/s1. The third-order valence-electron chi connectivity index (χ3n) is 4.23. The zero-order valence-electron chi connectivity index (χ0n) is 15.1. The lowest BCUT2D eigenvalue weighted by Crippen LogP contribution is -3.10. The molecule has 148 valence electrons. The highest BCUT2D eigenvalue weighted by Crippen LogP contribution is 2.34. The predicted octanol–water partition coefficient (Wildman–Crippen LogP) is 3.03. The zero-order valence-corrected chi connectivity index (χ0v) is 15.9. The molecule has 2 N–H and O–H groups in total. The third-order valence-corrected chi connectivity index (χ3v) is 5.09. The summed E-state index contributed by atoms with van der Waals surface area (Å²) in [6.07, 6.45) is -4.54. The summed E-state index contributed by atoms with van der Waals surface area (Å²) in [5.41, 5.74) is -1.15. The monoisotopic (exact) mass is 411 g/mol. The van der Waals surface area contributed by atoms with E-state index in [0.29, 0.717) is 16.7 Å². The summed E-state index contributed by atoms with van der Waals surface area (Å²) in [6, 6.07) is 8.28. The molecule has 10 heteroatoms. The van der Waals surface area contributed by atoms with Crippen molar-refractivity contribution >= 4 is 22.9 Å². The first-order valence-electron chi connectivity index (χ1n) is 8.41. The molecule has 6 nitrogen and oxygen atoms in total. The van der Waals surface area contributed by atoms with Crippen molar-refractivity contribution in [2.75, 3.05) is 18.9 Å². The lowest BCUT2D eigenvalue weighted by Gasteiger charge is -2.19. The number of halogens is 3. The van der Waals surface area contributed by atoms with Crippen molar-refractivity contribution in [2.45, 2.75) is 19.1 Å². The summed E-state index contributed by atoms with van der Waals surface area (Å²) in [6.45, 7) is 1.74. The largest absolute Gasteiger partial charge is 0.418 e. The van der Waals surface area contributed by atoms with E-state index in [1.54, 1.807) is 14.0 Å². The number of hydrogen-bond donors (Lipinski definition) is 2. The van der Waals surface area contributed by atoms with E-state index in [2.05, 4.69) is 15.5 Å². The molecule has 0 fully saturated rings. The van der Waals surface area contributed by atoms with Crippen LogP contribution in [0.5, 0.6) is 0 Å². The van der Waals surface area contributed by atoms with Gasteiger partial charge in [-0.1, -0.05) is 18.2 Å². The van der Waals surface area contributed by atoms with Crippen LogP contribution in [0.15, 0.2) is 46.2 Å². The van der Waals surface area contributed by atoms with E-state index >= 15 is 0 Å². The topological polar surface area (TPSA) is 72.5 Å². The van der Waals surface area contributed by atoms with Crippen LogP contribution in [0.1, 0.15) is 24.4 Å². The Morgan fingerprint density at radius 3 is 2.68 bits per heavy atom. The van der Waals surface area contributed by atoms with E-state index in [1.165, 1.54) is 29.5 Å². The minimum atomic E-state index is -4.54. The Morgan fingerprint density at radius 2 is 2.00 bits per heavy atom. The van der Waals surface area contributed by atoms with Crippen molar-refractivity contribution in [1.82, 2.24) is 10.2 Å². The van der Waals surface area contributed by atoms with Gasteiger partial charge in [-0.2, -0.15) is 13.2 Å². The second kappa shape index (κ2) is 8.11. The Bertz CT molecular complexity index is 940. The predicted molar refractivity (Wildman–Crippen MR) is 97.9 cm³/mol. The highest BCUT2D eigenvalue weighted by Gasteiger charge is 2.34. The van der Waals surface area contributed by atoms with Crippen LogP contribution < -0.4 is 10.2 Å². The molecule has 1 amide bonds. The molecule has 0 aliphatic heterocycles. The Labute approximate surface area is 163 Å². The number of quaternary nitrogens is 1. The van der Waals surface area contributed by atoms with E-state index in [0.717, 1.165) is 10.9 Å². The second-order valence-corrected chi connectivity index (χ2v) is 7.21. The van der Waals surface area contributed by atoms with Gasteiger partial charge in [-0.3, -0.25) is 4.79 Å². The van der Waals surface area contributed by atoms with E-state index in [4.69, 9.17) is 4.42 Å². The molecule has 3 aromatic rings. The van der Waals surface area contributed by atoms with Crippen LogP contribution in [-0.4, -0.2) is 29.7 Å². The Balaban J connectivity index is 1.65. The molecule has 1 aromatic carbocycles. The second-order valence-electron chi connectivity index (χ2n) is 6.26. The molecular weight excluding hydrogens is 393 g/mol. The molecular formula is C18H18F3N4O2S+. The van der Waals surface area contributed by atoms with Crippen LogP contribution in [0.3, 0.4) is 0 Å². The van der Waals surface area contributed by atoms with Crippen molar-refractivity contribution < 1.29 is 27.3 Å². The number of nitrogens with one attached hydrogen (secondary N) is 2. The summed E-state index contributed by atoms with van der Waals surface area (Å²) < 4.78 is 44.8. The maximum Gasteiger partial charge on any atom is 0.418 e. The molecule has 28 heavy (non-hydrogen) atoms. The normalized spacial score (nSPS) is 13.9. The summed E-state index contributed by atoms with van der Waals surface area (Å²) in [7, 11) is 1.73. The smallest absolute Gasteiger partial charge is 0.414 e. The molecule has 2 aromatic heterocycles. The summed E-state index contributed by atoms with van der Waals surface area (Å²) in [5.74, 6) is 0.205. The number of rotatable bonds is 6. The van der Waals surface area contributed by atoms with Gasteiger partial charge in [0.2, 0.25) is 0 Å². The average molecular weight is 411 g/mol. The molecule has 3 rings (SSSR count). The van der Waals surface area contributed by atoms with Gasteiger partial charge >= 0.3 is 6.18 Å². The van der Waals surface area contributed by atoms with E-state index < -0.39 is 17.6 Å². The van der Waals surface area contributed by atoms with Gasteiger partial charge in [0.1, 0.15) is 0 Å². The summed E-state index contributed by atoms with van der Waals surface area (Å²) in [4.78, 5) is 13.8. The molecule has 2 heterocycles. The van der Waals surface area contributed by atoms with Crippen molar-refractivity contribution in [1.29, 1.82) is 0 Å². The Kier molecular flexibility index (Phi) is 5.80. The van der Waals surface area contributed by atoms with E-state index in [9.17, 15) is 18.0 Å². The van der Waals surface area contributed by atoms with Gasteiger partial charge in [0.15, 0.2) is 12.6 Å². The average Bonchev–Trinajstić information content (AvgIpc) is 3.32. The first-order valence-corrected chi connectivity index (χ1v) is 9.29. The molecule has 0 aliphatic rings. The van der Waals surface area contributed by atoms with Gasteiger partial charge < -0.3 is 14.6 Å². The Morgan fingerprint density at radius 1 is 1.25 bits per heavy atom. The van der Waals surface area contributed by atoms with Gasteiger partial charge in [0.25, 0.3) is 17.7 Å². The lowest BCUT2D eigenvalue weighted by atomic mass is 10.1. The van der Waals surface area contributed by atoms with Crippen molar-refractivity contribution in [3.05, 3.63) is 53.2 Å². The number of alkyl halides is 3. The number of anilines is 1. The van der Waals surface area contributed by atoms with Crippen LogP contribution in [0.2, 0.25) is 0 Å². The number of carbonyl (C=O) groups excluding carboxylic acids is 1. The number of likely N-dealkylation sites (N-methyl/N-ethyl adjacent to an activating group) is 1. The quantitative estimate of drug-likeness (QED) is 0.654. The van der Waals surface area contributed by atoms with Gasteiger partial charge in [0, 0.05) is 0 Å². The zero-order chi connectivity index (χ0) is 20.3. The van der Waals surface area contributed by atoms with Crippen LogP contribution in [0.4, 0.5) is 18.9 Å². The molecule has 0 bridgehead atoms. The van der Waals surface area contributed by atoms with Gasteiger partial charge in [-0.05, 0) is 30.5 Å². The number of hydrogen-bond acceptors (Lipinski definition) is 5. The molecule has 0 saturated carbocycles. The molecule has 0 aliphatic carbocycles. The van der Waals surface area contributed by atoms with Crippen molar-refractivity contribution in [3.8, 4) is 10.8 Å². The highest BCUT2D eigenvalue weighted by atomic mass is 32.1. The van der Waals surface area contributed by atoms with Crippen LogP contribution in [-0.2, 0) is 11.0 Å². The number of para-hydroxylation sites is 1. The fraction of sp³-hybridized carbons (Fsp3) is 0.278. The molecule has 0 radical (unpaired) electrons. The minimum Gasteiger partial charge on any atom is -0.414 e. The van der Waals surface area contributed by atoms with Crippen LogP contribution >= 0.6 is 11.3 Å². The lowest BCUT2D eigenvalue weighted by molar-refractivity contribution is -0.903. The first-order chi connectivity index (χ1) is 13.3. The van der Waals surface area contributed by atoms with E-state index in [-0.39, 0.29) is 18.3 Å². The van der Waals surface area contributed by atoms with Gasteiger partial charge in [-0.15, -0.1) is 21.5 Å². The number of aromatic nitrogens is 2. The minimum absolute atomic E-state index is 0.0654. The molecule has 0 spiro atoms. The maximum atomic E-state index is 13.0. The van der Waals surface area contributed by atoms with Crippen LogP contribution in [0.25, 0.3) is 10.8 Å². The SMILES string of the molecule is C[C@@H](c1nnc(-c2cccs2)o1)[NH+](C)CC(=O)Nc1ccccc1C(F)(F)F. The summed E-state index contributed by atoms with van der Waals surface area (Å²) in [5, 5.41) is 12.3. The van der Waals surface area contributed by atoms with Crippen LogP contribution in [0, 0.1) is 0 Å². The highest BCUT2D eigenvalue weighted by molar-refractivity contribution is 7.13. The number of amides is 1.